The van der Waals surface area contributed by atoms with Crippen molar-refractivity contribution in [1.82, 2.24) is 4.90 Å². The lowest BCUT2D eigenvalue weighted by atomic mass is 10.1. The maximum Gasteiger partial charge on any atom is 0.0371 e. The molecule has 2 N–H and O–H groups in total. The Morgan fingerprint density at radius 1 is 1.33 bits per heavy atom. The predicted octanol–water partition coefficient (Wildman–Crippen LogP) is 2.58. The van der Waals surface area contributed by atoms with Crippen molar-refractivity contribution in [3.05, 3.63) is 28.2 Å². The third kappa shape index (κ3) is 3.13. The van der Waals surface area contributed by atoms with Crippen molar-refractivity contribution >= 4 is 33.4 Å². The number of nitrogens with zero attached hydrogens (tertiary/aromatic N) is 1. The van der Waals surface area contributed by atoms with E-state index in [2.05, 4.69) is 33.0 Å². The molecular formula is C11H15BrN2S. The average Bonchev–Trinajstić information content (AvgIpc) is 2.24. The van der Waals surface area contributed by atoms with Gasteiger partial charge in [0.25, 0.3) is 0 Å². The molecule has 1 aromatic carbocycles. The fourth-order valence-corrected chi connectivity index (χ4v) is 3.07. The Hall–Kier alpha value is -0.190. The second-order valence-corrected chi connectivity index (χ2v) is 5.87. The van der Waals surface area contributed by atoms with Crippen LogP contribution in [-0.4, -0.2) is 29.5 Å². The summed E-state index contributed by atoms with van der Waals surface area (Å²) >= 11 is 5.46. The van der Waals surface area contributed by atoms with Gasteiger partial charge in [0.2, 0.25) is 0 Å². The summed E-state index contributed by atoms with van der Waals surface area (Å²) in [6, 6.07) is 6.15. The molecule has 0 radical (unpaired) electrons. The molecule has 15 heavy (non-hydrogen) atoms. The molecule has 1 heterocycles. The minimum Gasteiger partial charge on any atom is -0.398 e. The Balaban J connectivity index is 2.03. The molecule has 0 spiro atoms. The topological polar surface area (TPSA) is 29.3 Å². The van der Waals surface area contributed by atoms with Crippen LogP contribution >= 0.6 is 27.7 Å². The summed E-state index contributed by atoms with van der Waals surface area (Å²) in [5.41, 5.74) is 8.11. The highest BCUT2D eigenvalue weighted by Crippen LogP contribution is 2.21. The minimum atomic E-state index is 0.891. The minimum absolute atomic E-state index is 0.891. The van der Waals surface area contributed by atoms with Crippen molar-refractivity contribution in [2.24, 2.45) is 0 Å². The van der Waals surface area contributed by atoms with Gasteiger partial charge in [0, 0.05) is 41.3 Å². The first kappa shape index (κ1) is 11.3. The van der Waals surface area contributed by atoms with Crippen LogP contribution in [0, 0.1) is 0 Å². The quantitative estimate of drug-likeness (QED) is 0.848. The Morgan fingerprint density at radius 2 is 2.07 bits per heavy atom. The summed E-state index contributed by atoms with van der Waals surface area (Å²) in [6.07, 6.45) is 0. The zero-order chi connectivity index (χ0) is 10.7. The third-order valence-corrected chi connectivity index (χ3v) is 4.04. The van der Waals surface area contributed by atoms with Crippen molar-refractivity contribution in [3.8, 4) is 0 Å². The van der Waals surface area contributed by atoms with Crippen molar-refractivity contribution in [2.45, 2.75) is 6.54 Å². The van der Waals surface area contributed by atoms with Crippen LogP contribution in [0.25, 0.3) is 0 Å². The summed E-state index contributed by atoms with van der Waals surface area (Å²) in [6.45, 7) is 3.35. The van der Waals surface area contributed by atoms with Gasteiger partial charge in [0.05, 0.1) is 0 Å². The van der Waals surface area contributed by atoms with E-state index >= 15 is 0 Å². The SMILES string of the molecule is Nc1cc(Br)ccc1CN1CCSCC1. The standard InChI is InChI=1S/C11H15BrN2S/c12-10-2-1-9(11(13)7-10)8-14-3-5-15-6-4-14/h1-2,7H,3-6,8,13H2. The zero-order valence-corrected chi connectivity index (χ0v) is 11.0. The number of hydrogen-bond donors (Lipinski definition) is 1. The molecule has 1 aromatic rings. The van der Waals surface area contributed by atoms with E-state index in [1.54, 1.807) is 0 Å². The maximum atomic E-state index is 5.98. The van der Waals surface area contributed by atoms with Gasteiger partial charge in [-0.1, -0.05) is 22.0 Å². The fraction of sp³-hybridized carbons (Fsp3) is 0.455. The van der Waals surface area contributed by atoms with Gasteiger partial charge in [-0.2, -0.15) is 11.8 Å². The molecule has 2 rings (SSSR count). The van der Waals surface area contributed by atoms with E-state index in [1.807, 2.05) is 17.8 Å². The summed E-state index contributed by atoms with van der Waals surface area (Å²) in [5, 5.41) is 0. The normalized spacial score (nSPS) is 17.9. The molecular weight excluding hydrogens is 272 g/mol. The van der Waals surface area contributed by atoms with Crippen LogP contribution in [0.1, 0.15) is 5.56 Å². The molecule has 0 saturated carbocycles. The Bertz CT molecular complexity index is 337. The number of benzene rings is 1. The van der Waals surface area contributed by atoms with E-state index in [4.69, 9.17) is 5.73 Å². The lowest BCUT2D eigenvalue weighted by molar-refractivity contribution is 0.295. The highest BCUT2D eigenvalue weighted by molar-refractivity contribution is 9.10. The van der Waals surface area contributed by atoms with Crippen molar-refractivity contribution in [3.63, 3.8) is 0 Å². The van der Waals surface area contributed by atoms with Crippen LogP contribution in [0.4, 0.5) is 5.69 Å². The summed E-state index contributed by atoms with van der Waals surface area (Å²) in [5.74, 6) is 2.49. The molecule has 0 atom stereocenters. The number of nitrogen functional groups attached to an aromatic ring is 1. The van der Waals surface area contributed by atoms with Crippen LogP contribution in [0.3, 0.4) is 0 Å². The van der Waals surface area contributed by atoms with Crippen LogP contribution in [0.2, 0.25) is 0 Å². The van der Waals surface area contributed by atoms with E-state index in [0.717, 1.165) is 16.7 Å². The predicted molar refractivity (Wildman–Crippen MR) is 71.2 cm³/mol. The molecule has 0 unspecified atom stereocenters. The van der Waals surface area contributed by atoms with Gasteiger partial charge in [0.15, 0.2) is 0 Å². The summed E-state index contributed by atoms with van der Waals surface area (Å²) in [7, 11) is 0. The van der Waals surface area contributed by atoms with Gasteiger partial charge in [0.1, 0.15) is 0 Å². The molecule has 1 aliphatic rings. The molecule has 4 heteroatoms. The van der Waals surface area contributed by atoms with E-state index in [9.17, 15) is 0 Å². The summed E-state index contributed by atoms with van der Waals surface area (Å²) < 4.78 is 1.05. The molecule has 1 aliphatic heterocycles. The number of nitrogens with two attached hydrogens (primary N) is 1. The van der Waals surface area contributed by atoms with Gasteiger partial charge >= 0.3 is 0 Å². The number of thioether (sulfide) groups is 1. The maximum absolute atomic E-state index is 5.98. The molecule has 1 fully saturated rings. The van der Waals surface area contributed by atoms with E-state index in [1.165, 1.54) is 30.2 Å². The largest absolute Gasteiger partial charge is 0.398 e. The van der Waals surface area contributed by atoms with Gasteiger partial charge in [-0.05, 0) is 17.7 Å². The number of anilines is 1. The van der Waals surface area contributed by atoms with Crippen LogP contribution < -0.4 is 5.73 Å². The monoisotopic (exact) mass is 286 g/mol. The lowest BCUT2D eigenvalue weighted by Gasteiger charge is -2.26. The van der Waals surface area contributed by atoms with Gasteiger partial charge in [-0.3, -0.25) is 4.90 Å². The van der Waals surface area contributed by atoms with Gasteiger partial charge in [-0.25, -0.2) is 0 Å². The number of hydrogen-bond acceptors (Lipinski definition) is 3. The fourth-order valence-electron chi connectivity index (χ4n) is 1.71. The number of rotatable bonds is 2. The van der Waals surface area contributed by atoms with E-state index in [-0.39, 0.29) is 0 Å². The first-order valence-electron chi connectivity index (χ1n) is 5.10. The van der Waals surface area contributed by atoms with Crippen molar-refractivity contribution in [2.75, 3.05) is 30.3 Å². The van der Waals surface area contributed by atoms with Crippen molar-refractivity contribution in [1.29, 1.82) is 0 Å². The van der Waals surface area contributed by atoms with Crippen molar-refractivity contribution < 1.29 is 0 Å². The van der Waals surface area contributed by atoms with Gasteiger partial charge < -0.3 is 5.73 Å². The second kappa shape index (κ2) is 5.23. The van der Waals surface area contributed by atoms with Crippen LogP contribution in [0.15, 0.2) is 22.7 Å². The first-order valence-corrected chi connectivity index (χ1v) is 7.04. The molecule has 0 amide bonds. The lowest BCUT2D eigenvalue weighted by Crippen LogP contribution is -2.32. The Labute approximate surface area is 103 Å². The molecule has 2 nitrogen and oxygen atoms in total. The molecule has 1 saturated heterocycles. The molecule has 0 bridgehead atoms. The van der Waals surface area contributed by atoms with Crippen LogP contribution in [-0.2, 0) is 6.54 Å². The third-order valence-electron chi connectivity index (χ3n) is 2.61. The Kier molecular flexibility index (Phi) is 3.94. The van der Waals surface area contributed by atoms with Gasteiger partial charge in [-0.15, -0.1) is 0 Å². The average molecular weight is 287 g/mol. The molecule has 0 aromatic heterocycles. The molecule has 0 aliphatic carbocycles. The highest BCUT2D eigenvalue weighted by atomic mass is 79.9. The smallest absolute Gasteiger partial charge is 0.0371 e. The number of halogens is 1. The molecule has 82 valence electrons. The Morgan fingerprint density at radius 3 is 2.73 bits per heavy atom. The first-order chi connectivity index (χ1) is 7.25. The zero-order valence-electron chi connectivity index (χ0n) is 8.58. The highest BCUT2D eigenvalue weighted by Gasteiger charge is 2.11. The van der Waals surface area contributed by atoms with E-state index < -0.39 is 0 Å². The second-order valence-electron chi connectivity index (χ2n) is 3.73. The summed E-state index contributed by atoms with van der Waals surface area (Å²) in [4.78, 5) is 2.47. The van der Waals surface area contributed by atoms with Crippen LogP contribution in [0.5, 0.6) is 0 Å². The van der Waals surface area contributed by atoms with E-state index in [0.29, 0.717) is 0 Å².